The van der Waals surface area contributed by atoms with Gasteiger partial charge in [0.05, 0.1) is 10.8 Å². The van der Waals surface area contributed by atoms with E-state index in [9.17, 15) is 9.59 Å². The summed E-state index contributed by atoms with van der Waals surface area (Å²) in [6.45, 7) is 2.76. The number of thiophene rings is 1. The number of aryl methyl sites for hydroxylation is 1. The van der Waals surface area contributed by atoms with Crippen LogP contribution in [0.5, 0.6) is 0 Å². The van der Waals surface area contributed by atoms with E-state index in [2.05, 4.69) is 18.3 Å². The Morgan fingerprint density at radius 2 is 2.07 bits per heavy atom. The Morgan fingerprint density at radius 1 is 1.26 bits per heavy atom. The molecule has 0 saturated carbocycles. The van der Waals surface area contributed by atoms with E-state index in [1.807, 2.05) is 30.3 Å². The van der Waals surface area contributed by atoms with Gasteiger partial charge in [-0.25, -0.2) is 0 Å². The highest BCUT2D eigenvalue weighted by atomic mass is 32.2. The highest BCUT2D eigenvalue weighted by Crippen LogP contribution is 2.34. The molecular formula is C21H24N2O2S2. The third kappa shape index (κ3) is 4.06. The van der Waals surface area contributed by atoms with E-state index in [0.717, 1.165) is 23.3 Å². The van der Waals surface area contributed by atoms with Crippen LogP contribution in [0.4, 0.5) is 0 Å². The minimum absolute atomic E-state index is 0.00640. The van der Waals surface area contributed by atoms with Crippen LogP contribution >= 0.6 is 23.1 Å². The van der Waals surface area contributed by atoms with Crippen molar-refractivity contribution >= 4 is 34.9 Å². The van der Waals surface area contributed by atoms with Crippen LogP contribution in [-0.4, -0.2) is 34.4 Å². The van der Waals surface area contributed by atoms with Crippen molar-refractivity contribution in [1.29, 1.82) is 0 Å². The van der Waals surface area contributed by atoms with Crippen molar-refractivity contribution in [3.8, 4) is 0 Å². The van der Waals surface area contributed by atoms with Crippen LogP contribution in [0.2, 0.25) is 0 Å². The molecule has 1 aliphatic carbocycles. The van der Waals surface area contributed by atoms with E-state index in [4.69, 9.17) is 0 Å². The van der Waals surface area contributed by atoms with Crippen LogP contribution in [0, 0.1) is 5.92 Å². The Kier molecular flexibility index (Phi) is 5.55. The fourth-order valence-electron chi connectivity index (χ4n) is 3.72. The van der Waals surface area contributed by atoms with Gasteiger partial charge in [0.2, 0.25) is 5.91 Å². The molecule has 0 unspecified atom stereocenters. The molecule has 4 nitrogen and oxygen atoms in total. The molecule has 1 N–H and O–H groups in total. The third-order valence-corrected chi connectivity index (χ3v) is 7.53. The van der Waals surface area contributed by atoms with Crippen molar-refractivity contribution in [1.82, 2.24) is 10.2 Å². The number of carbonyl (C=O) groups is 2. The maximum atomic E-state index is 13.1. The van der Waals surface area contributed by atoms with Gasteiger partial charge in [-0.2, -0.15) is 0 Å². The summed E-state index contributed by atoms with van der Waals surface area (Å²) in [4.78, 5) is 29.7. The SMILES string of the molecule is C[C@@H]1CCc2sc(C(=O)N3CSC[C@H]3C(=O)NCc3ccccc3)cc2C1. The second kappa shape index (κ2) is 8.07. The molecule has 2 heterocycles. The lowest BCUT2D eigenvalue weighted by Crippen LogP contribution is -2.46. The molecule has 1 saturated heterocycles. The lowest BCUT2D eigenvalue weighted by Gasteiger charge is -2.22. The molecule has 1 fully saturated rings. The molecule has 2 amide bonds. The molecule has 2 aromatic rings. The number of hydrogen-bond donors (Lipinski definition) is 1. The van der Waals surface area contributed by atoms with Gasteiger partial charge in [0, 0.05) is 17.2 Å². The Labute approximate surface area is 168 Å². The standard InChI is InChI=1S/C21H24N2O2S2/c1-14-7-8-18-16(9-14)10-19(27-18)21(25)23-13-26-12-17(23)20(24)22-11-15-5-3-2-4-6-15/h2-6,10,14,17H,7-9,11-13H2,1H3,(H,22,24)/t14-,17+/m1/s1. The van der Waals surface area contributed by atoms with Crippen molar-refractivity contribution in [2.75, 3.05) is 11.6 Å². The van der Waals surface area contributed by atoms with Gasteiger partial charge in [0.15, 0.2) is 0 Å². The first kappa shape index (κ1) is 18.6. The number of thioether (sulfide) groups is 1. The zero-order chi connectivity index (χ0) is 18.8. The quantitative estimate of drug-likeness (QED) is 0.851. The molecule has 142 valence electrons. The van der Waals surface area contributed by atoms with Gasteiger partial charge >= 0.3 is 0 Å². The molecule has 6 heteroatoms. The van der Waals surface area contributed by atoms with Crippen LogP contribution in [0.15, 0.2) is 36.4 Å². The predicted molar refractivity (Wildman–Crippen MR) is 111 cm³/mol. The molecule has 0 bridgehead atoms. The van der Waals surface area contributed by atoms with Crippen LogP contribution in [0.3, 0.4) is 0 Å². The van der Waals surface area contributed by atoms with Gasteiger partial charge in [-0.15, -0.1) is 23.1 Å². The van der Waals surface area contributed by atoms with Crippen molar-refractivity contribution in [3.63, 3.8) is 0 Å². The molecule has 0 radical (unpaired) electrons. The number of amides is 2. The van der Waals surface area contributed by atoms with Crippen LogP contribution in [0.25, 0.3) is 0 Å². The molecular weight excluding hydrogens is 376 g/mol. The number of hydrogen-bond acceptors (Lipinski definition) is 4. The number of benzene rings is 1. The number of carbonyl (C=O) groups excluding carboxylic acids is 2. The number of nitrogens with zero attached hydrogens (tertiary/aromatic N) is 1. The Bertz CT molecular complexity index is 834. The lowest BCUT2D eigenvalue weighted by atomic mass is 9.90. The van der Waals surface area contributed by atoms with Crippen molar-refractivity contribution in [3.05, 3.63) is 57.3 Å². The van der Waals surface area contributed by atoms with Crippen molar-refractivity contribution < 1.29 is 9.59 Å². The molecule has 1 aromatic carbocycles. The summed E-state index contributed by atoms with van der Waals surface area (Å²) in [6.07, 6.45) is 3.34. The minimum atomic E-state index is -0.385. The van der Waals surface area contributed by atoms with E-state index < -0.39 is 0 Å². The van der Waals surface area contributed by atoms with E-state index in [1.54, 1.807) is 28.0 Å². The number of fused-ring (bicyclic) bond motifs is 1. The van der Waals surface area contributed by atoms with Gasteiger partial charge in [0.25, 0.3) is 5.91 Å². The first-order valence-electron chi connectivity index (χ1n) is 9.43. The molecule has 1 aliphatic heterocycles. The van der Waals surface area contributed by atoms with Crippen molar-refractivity contribution in [2.45, 2.75) is 38.8 Å². The molecule has 2 atom stereocenters. The van der Waals surface area contributed by atoms with E-state index in [0.29, 0.717) is 24.1 Å². The first-order valence-corrected chi connectivity index (χ1v) is 11.4. The van der Waals surface area contributed by atoms with Gasteiger partial charge in [-0.3, -0.25) is 9.59 Å². The summed E-state index contributed by atoms with van der Waals surface area (Å²) in [5.74, 6) is 1.88. The summed E-state index contributed by atoms with van der Waals surface area (Å²) in [6, 6.07) is 11.5. The van der Waals surface area contributed by atoms with Crippen LogP contribution in [0.1, 0.15) is 39.0 Å². The maximum Gasteiger partial charge on any atom is 0.265 e. The summed E-state index contributed by atoms with van der Waals surface area (Å²) >= 11 is 3.27. The Balaban J connectivity index is 1.43. The fraction of sp³-hybridized carbons (Fsp3) is 0.429. The fourth-order valence-corrected chi connectivity index (χ4v) is 6.03. The van der Waals surface area contributed by atoms with E-state index in [-0.39, 0.29) is 17.9 Å². The third-order valence-electron chi connectivity index (χ3n) is 5.30. The van der Waals surface area contributed by atoms with Gasteiger partial charge in [-0.05, 0) is 42.4 Å². The summed E-state index contributed by atoms with van der Waals surface area (Å²) in [5.41, 5.74) is 2.40. The number of nitrogens with one attached hydrogen (secondary N) is 1. The molecule has 4 rings (SSSR count). The zero-order valence-electron chi connectivity index (χ0n) is 15.4. The van der Waals surface area contributed by atoms with Crippen molar-refractivity contribution in [2.24, 2.45) is 5.92 Å². The summed E-state index contributed by atoms with van der Waals surface area (Å²) < 4.78 is 0. The minimum Gasteiger partial charge on any atom is -0.350 e. The van der Waals surface area contributed by atoms with Gasteiger partial charge < -0.3 is 10.2 Å². The summed E-state index contributed by atoms with van der Waals surface area (Å²) in [5, 5.41) is 2.99. The number of rotatable bonds is 4. The van der Waals surface area contributed by atoms with E-state index >= 15 is 0 Å². The molecule has 2 aliphatic rings. The normalized spacial score (nSPS) is 21.7. The van der Waals surface area contributed by atoms with Crippen LogP contribution in [-0.2, 0) is 24.2 Å². The highest BCUT2D eigenvalue weighted by molar-refractivity contribution is 7.99. The molecule has 27 heavy (non-hydrogen) atoms. The lowest BCUT2D eigenvalue weighted by molar-refractivity contribution is -0.124. The topological polar surface area (TPSA) is 49.4 Å². The Morgan fingerprint density at radius 3 is 2.89 bits per heavy atom. The second-order valence-corrected chi connectivity index (χ2v) is 9.54. The van der Waals surface area contributed by atoms with E-state index in [1.165, 1.54) is 16.9 Å². The highest BCUT2D eigenvalue weighted by Gasteiger charge is 2.36. The zero-order valence-corrected chi connectivity index (χ0v) is 17.1. The average Bonchev–Trinajstić information content (AvgIpc) is 3.33. The monoisotopic (exact) mass is 400 g/mol. The first-order chi connectivity index (χ1) is 13.1. The maximum absolute atomic E-state index is 13.1. The average molecular weight is 401 g/mol. The molecule has 1 aromatic heterocycles. The summed E-state index contributed by atoms with van der Waals surface area (Å²) in [7, 11) is 0. The second-order valence-electron chi connectivity index (χ2n) is 7.40. The van der Waals surface area contributed by atoms with Gasteiger partial charge in [-0.1, -0.05) is 37.3 Å². The largest absolute Gasteiger partial charge is 0.350 e. The molecule has 0 spiro atoms. The van der Waals surface area contributed by atoms with Crippen LogP contribution < -0.4 is 5.32 Å². The Hall–Kier alpha value is -1.79. The smallest absolute Gasteiger partial charge is 0.265 e. The van der Waals surface area contributed by atoms with Gasteiger partial charge in [0.1, 0.15) is 6.04 Å². The predicted octanol–water partition coefficient (Wildman–Crippen LogP) is 3.70.